The standard InChI is InChI=1S/C18H14O5/c1-10(19)13-7-17-14(8-16(13)22-2)18(21)15(9-23-17)11-3-5-12(20)6-4-11/h3-9,20H,1-2H3. The Hall–Kier alpha value is -3.08. The molecule has 0 atom stereocenters. The van der Waals surface area contributed by atoms with Gasteiger partial charge in [-0.2, -0.15) is 0 Å². The van der Waals surface area contributed by atoms with E-state index in [1.807, 2.05) is 0 Å². The zero-order valence-electron chi connectivity index (χ0n) is 12.6. The fourth-order valence-electron chi connectivity index (χ4n) is 2.44. The Morgan fingerprint density at radius 3 is 2.48 bits per heavy atom. The lowest BCUT2D eigenvalue weighted by Gasteiger charge is -2.08. The molecule has 0 aliphatic carbocycles. The zero-order chi connectivity index (χ0) is 16.6. The van der Waals surface area contributed by atoms with Crippen LogP contribution in [-0.2, 0) is 0 Å². The summed E-state index contributed by atoms with van der Waals surface area (Å²) in [6.45, 7) is 1.42. The number of phenolic OH excluding ortho intramolecular Hbond substituents is 1. The molecule has 0 amide bonds. The predicted molar refractivity (Wildman–Crippen MR) is 86.1 cm³/mol. The maximum Gasteiger partial charge on any atom is 0.200 e. The van der Waals surface area contributed by atoms with Crippen molar-refractivity contribution >= 4 is 16.8 Å². The highest BCUT2D eigenvalue weighted by Gasteiger charge is 2.15. The van der Waals surface area contributed by atoms with Crippen molar-refractivity contribution in [3.05, 3.63) is 58.4 Å². The molecule has 1 aromatic heterocycles. The summed E-state index contributed by atoms with van der Waals surface area (Å²) in [6.07, 6.45) is 1.35. The molecule has 0 saturated heterocycles. The third kappa shape index (κ3) is 2.57. The van der Waals surface area contributed by atoms with Crippen LogP contribution in [0.15, 0.2) is 51.9 Å². The van der Waals surface area contributed by atoms with Gasteiger partial charge in [0.1, 0.15) is 23.3 Å². The predicted octanol–water partition coefficient (Wildman–Crippen LogP) is 3.38. The Morgan fingerprint density at radius 2 is 1.87 bits per heavy atom. The van der Waals surface area contributed by atoms with Crippen molar-refractivity contribution in [2.45, 2.75) is 6.92 Å². The topological polar surface area (TPSA) is 76.7 Å². The Bertz CT molecular complexity index is 952. The lowest BCUT2D eigenvalue weighted by atomic mass is 10.0. The number of hydrogen-bond donors (Lipinski definition) is 1. The number of benzene rings is 2. The van der Waals surface area contributed by atoms with Crippen molar-refractivity contribution in [1.29, 1.82) is 0 Å². The van der Waals surface area contributed by atoms with Crippen LogP contribution in [0.5, 0.6) is 11.5 Å². The van der Waals surface area contributed by atoms with Crippen molar-refractivity contribution in [3.8, 4) is 22.6 Å². The van der Waals surface area contributed by atoms with Crippen LogP contribution in [0.3, 0.4) is 0 Å². The van der Waals surface area contributed by atoms with Gasteiger partial charge in [-0.15, -0.1) is 0 Å². The second-order valence-corrected chi connectivity index (χ2v) is 5.13. The molecule has 0 bridgehead atoms. The van der Waals surface area contributed by atoms with E-state index in [2.05, 4.69) is 0 Å². The highest BCUT2D eigenvalue weighted by molar-refractivity contribution is 6.00. The van der Waals surface area contributed by atoms with E-state index in [0.717, 1.165) is 0 Å². The minimum Gasteiger partial charge on any atom is -0.508 e. The summed E-state index contributed by atoms with van der Waals surface area (Å²) in [7, 11) is 1.44. The van der Waals surface area contributed by atoms with Gasteiger partial charge in [0.25, 0.3) is 0 Å². The number of Topliss-reactive ketones (excluding diaryl/α,β-unsaturated/α-hetero) is 1. The smallest absolute Gasteiger partial charge is 0.200 e. The molecular formula is C18H14O5. The molecule has 5 nitrogen and oxygen atoms in total. The molecule has 0 unspecified atom stereocenters. The van der Waals surface area contributed by atoms with Crippen molar-refractivity contribution < 1.29 is 19.1 Å². The van der Waals surface area contributed by atoms with Crippen LogP contribution in [0.4, 0.5) is 0 Å². The molecule has 1 heterocycles. The van der Waals surface area contributed by atoms with Gasteiger partial charge < -0.3 is 14.3 Å². The summed E-state index contributed by atoms with van der Waals surface area (Å²) in [5.41, 5.74) is 1.46. The summed E-state index contributed by atoms with van der Waals surface area (Å²) in [5, 5.41) is 9.68. The van der Waals surface area contributed by atoms with E-state index in [-0.39, 0.29) is 17.0 Å². The summed E-state index contributed by atoms with van der Waals surface area (Å²) in [4.78, 5) is 24.4. The fourth-order valence-corrected chi connectivity index (χ4v) is 2.44. The molecular weight excluding hydrogens is 296 g/mol. The first-order chi connectivity index (χ1) is 11.0. The minimum atomic E-state index is -0.231. The Kier molecular flexibility index (Phi) is 3.62. The van der Waals surface area contributed by atoms with Crippen LogP contribution in [0, 0.1) is 0 Å². The highest BCUT2D eigenvalue weighted by Crippen LogP contribution is 2.27. The van der Waals surface area contributed by atoms with E-state index in [4.69, 9.17) is 9.15 Å². The van der Waals surface area contributed by atoms with Gasteiger partial charge in [-0.05, 0) is 36.8 Å². The Labute approximate surface area is 131 Å². The normalized spacial score (nSPS) is 10.7. The molecule has 0 saturated carbocycles. The van der Waals surface area contributed by atoms with Gasteiger partial charge >= 0.3 is 0 Å². The molecule has 1 N–H and O–H groups in total. The largest absolute Gasteiger partial charge is 0.508 e. The van der Waals surface area contributed by atoms with Crippen LogP contribution < -0.4 is 10.2 Å². The van der Waals surface area contributed by atoms with Crippen molar-refractivity contribution in [3.63, 3.8) is 0 Å². The lowest BCUT2D eigenvalue weighted by Crippen LogP contribution is -2.07. The molecule has 5 heteroatoms. The lowest BCUT2D eigenvalue weighted by molar-refractivity contribution is 0.101. The van der Waals surface area contributed by atoms with Gasteiger partial charge in [-0.3, -0.25) is 9.59 Å². The van der Waals surface area contributed by atoms with Crippen molar-refractivity contribution in [1.82, 2.24) is 0 Å². The number of aromatic hydroxyl groups is 1. The summed E-state index contributed by atoms with van der Waals surface area (Å²) in [6, 6.07) is 9.29. The average molecular weight is 310 g/mol. The number of ketones is 1. The number of fused-ring (bicyclic) bond motifs is 1. The second-order valence-electron chi connectivity index (χ2n) is 5.13. The molecule has 0 aliphatic rings. The number of methoxy groups -OCH3 is 1. The first-order valence-corrected chi connectivity index (χ1v) is 6.95. The molecule has 0 spiro atoms. The second kappa shape index (κ2) is 5.61. The highest BCUT2D eigenvalue weighted by atomic mass is 16.5. The Balaban J connectivity index is 2.27. The fraction of sp³-hybridized carbons (Fsp3) is 0.111. The molecule has 2 aromatic carbocycles. The number of phenols is 1. The number of hydrogen-bond acceptors (Lipinski definition) is 5. The van der Waals surface area contributed by atoms with Crippen LogP contribution in [0.25, 0.3) is 22.1 Å². The van der Waals surface area contributed by atoms with E-state index in [1.165, 1.54) is 44.6 Å². The number of rotatable bonds is 3. The molecule has 3 rings (SSSR count). The summed E-state index contributed by atoms with van der Waals surface area (Å²) in [5.74, 6) is 0.279. The SMILES string of the molecule is COc1cc2c(=O)c(-c3ccc(O)cc3)coc2cc1C(C)=O. The summed E-state index contributed by atoms with van der Waals surface area (Å²) < 4.78 is 10.7. The molecule has 0 radical (unpaired) electrons. The number of carbonyl (C=O) groups excluding carboxylic acids is 1. The molecule has 0 fully saturated rings. The van der Waals surface area contributed by atoms with Crippen LogP contribution in [0.1, 0.15) is 17.3 Å². The monoisotopic (exact) mass is 310 g/mol. The number of carbonyl (C=O) groups is 1. The summed E-state index contributed by atoms with van der Waals surface area (Å²) >= 11 is 0. The van der Waals surface area contributed by atoms with Gasteiger partial charge in [0, 0.05) is 0 Å². The van der Waals surface area contributed by atoms with Crippen molar-refractivity contribution in [2.24, 2.45) is 0 Å². The van der Waals surface area contributed by atoms with Crippen LogP contribution >= 0.6 is 0 Å². The zero-order valence-corrected chi connectivity index (χ0v) is 12.6. The maximum atomic E-state index is 12.7. The first kappa shape index (κ1) is 14.8. The van der Waals surface area contributed by atoms with E-state index in [1.54, 1.807) is 12.1 Å². The first-order valence-electron chi connectivity index (χ1n) is 6.95. The van der Waals surface area contributed by atoms with E-state index in [9.17, 15) is 14.7 Å². The van der Waals surface area contributed by atoms with E-state index >= 15 is 0 Å². The van der Waals surface area contributed by atoms with Gasteiger partial charge in [0.15, 0.2) is 5.78 Å². The maximum absolute atomic E-state index is 12.7. The third-order valence-electron chi connectivity index (χ3n) is 3.65. The molecule has 3 aromatic rings. The number of ether oxygens (including phenoxy) is 1. The van der Waals surface area contributed by atoms with E-state index < -0.39 is 0 Å². The quantitative estimate of drug-likeness (QED) is 0.750. The molecule has 116 valence electrons. The molecule has 23 heavy (non-hydrogen) atoms. The average Bonchev–Trinajstić information content (AvgIpc) is 2.55. The van der Waals surface area contributed by atoms with Crippen LogP contribution in [0.2, 0.25) is 0 Å². The third-order valence-corrected chi connectivity index (χ3v) is 3.65. The van der Waals surface area contributed by atoms with Gasteiger partial charge in [-0.1, -0.05) is 12.1 Å². The minimum absolute atomic E-state index is 0.117. The van der Waals surface area contributed by atoms with Crippen molar-refractivity contribution in [2.75, 3.05) is 7.11 Å². The van der Waals surface area contributed by atoms with E-state index in [0.29, 0.717) is 33.4 Å². The Morgan fingerprint density at radius 1 is 1.17 bits per heavy atom. The van der Waals surface area contributed by atoms with Gasteiger partial charge in [0.05, 0.1) is 23.6 Å². The van der Waals surface area contributed by atoms with Gasteiger partial charge in [0.2, 0.25) is 5.43 Å². The van der Waals surface area contributed by atoms with Crippen LogP contribution in [-0.4, -0.2) is 18.0 Å². The van der Waals surface area contributed by atoms with Gasteiger partial charge in [-0.25, -0.2) is 0 Å². The molecule has 0 aliphatic heterocycles.